The van der Waals surface area contributed by atoms with Gasteiger partial charge in [-0.2, -0.15) is 9.97 Å². The van der Waals surface area contributed by atoms with E-state index in [1.54, 1.807) is 12.4 Å². The van der Waals surface area contributed by atoms with E-state index in [1.165, 1.54) is 0 Å². The van der Waals surface area contributed by atoms with Crippen LogP contribution in [0.1, 0.15) is 0 Å². The zero-order valence-corrected chi connectivity index (χ0v) is 11.2. The Kier molecular flexibility index (Phi) is 3.83. The van der Waals surface area contributed by atoms with Crippen LogP contribution < -0.4 is 10.6 Å². The first-order chi connectivity index (χ1) is 10.4. The Balaban J connectivity index is 1.99. The molecule has 3 N–H and O–H groups in total. The van der Waals surface area contributed by atoms with Gasteiger partial charge in [0, 0.05) is 24.6 Å². The van der Waals surface area contributed by atoms with E-state index in [-0.39, 0.29) is 6.61 Å². The Morgan fingerprint density at radius 1 is 1.00 bits per heavy atom. The first-order valence-electron chi connectivity index (χ1n) is 6.52. The fourth-order valence-corrected chi connectivity index (χ4v) is 1.87. The number of aromatic nitrogens is 4. The van der Waals surface area contributed by atoms with E-state index in [9.17, 15) is 0 Å². The van der Waals surface area contributed by atoms with Gasteiger partial charge >= 0.3 is 0 Å². The molecule has 0 bridgehead atoms. The number of nitrogens with one attached hydrogen (secondary N) is 2. The molecule has 0 unspecified atom stereocenters. The molecule has 7 nitrogen and oxygen atoms in total. The topological polar surface area (TPSA) is 95.8 Å². The van der Waals surface area contributed by atoms with Gasteiger partial charge < -0.3 is 15.7 Å². The van der Waals surface area contributed by atoms with E-state index in [1.807, 2.05) is 30.3 Å². The van der Waals surface area contributed by atoms with Crippen molar-refractivity contribution >= 4 is 28.6 Å². The van der Waals surface area contributed by atoms with Crippen molar-refractivity contribution in [3.63, 3.8) is 0 Å². The maximum Gasteiger partial charge on any atom is 0.231 e. The molecular formula is C14H14N6O. The highest BCUT2D eigenvalue weighted by Gasteiger charge is 2.09. The van der Waals surface area contributed by atoms with Crippen molar-refractivity contribution in [2.24, 2.45) is 0 Å². The minimum atomic E-state index is 0.00715. The number of rotatable bonds is 5. The molecule has 3 aromatic rings. The van der Waals surface area contributed by atoms with Crippen LogP contribution in [0, 0.1) is 0 Å². The number of fused-ring (bicyclic) bond motifs is 1. The number of para-hydroxylation sites is 1. The number of anilines is 3. The van der Waals surface area contributed by atoms with Gasteiger partial charge in [-0.3, -0.25) is 0 Å². The number of hydrogen-bond donors (Lipinski definition) is 3. The first kappa shape index (κ1) is 13.2. The second kappa shape index (κ2) is 6.10. The standard InChI is InChI=1S/C14H14N6O/c21-9-8-17-13-11-12(16-7-6-15-11)19-14(20-13)18-10-4-2-1-3-5-10/h1-7,21H,8-9H2,(H2,16,17,18,19,20). The monoisotopic (exact) mass is 282 g/mol. The molecule has 7 heteroatoms. The number of benzene rings is 1. The average Bonchev–Trinajstić information content (AvgIpc) is 2.53. The van der Waals surface area contributed by atoms with Gasteiger partial charge in [0.1, 0.15) is 0 Å². The molecule has 1 aromatic carbocycles. The van der Waals surface area contributed by atoms with Crippen LogP contribution in [0.5, 0.6) is 0 Å². The summed E-state index contributed by atoms with van der Waals surface area (Å²) in [5, 5.41) is 15.1. The summed E-state index contributed by atoms with van der Waals surface area (Å²) < 4.78 is 0. The van der Waals surface area contributed by atoms with Gasteiger partial charge in [-0.25, -0.2) is 9.97 Å². The van der Waals surface area contributed by atoms with Crippen LogP contribution in [0.4, 0.5) is 17.5 Å². The summed E-state index contributed by atoms with van der Waals surface area (Å²) in [6.45, 7) is 0.390. The van der Waals surface area contributed by atoms with E-state index < -0.39 is 0 Å². The fraction of sp³-hybridized carbons (Fsp3) is 0.143. The molecule has 0 aliphatic heterocycles. The Morgan fingerprint density at radius 2 is 1.81 bits per heavy atom. The molecule has 2 aromatic heterocycles. The van der Waals surface area contributed by atoms with Crippen molar-refractivity contribution in [1.29, 1.82) is 0 Å². The zero-order valence-electron chi connectivity index (χ0n) is 11.2. The van der Waals surface area contributed by atoms with Crippen LogP contribution in [-0.2, 0) is 0 Å². The maximum atomic E-state index is 8.95. The molecule has 0 atom stereocenters. The summed E-state index contributed by atoms with van der Waals surface area (Å²) in [7, 11) is 0. The normalized spacial score (nSPS) is 10.5. The van der Waals surface area contributed by atoms with Crippen LogP contribution in [0.3, 0.4) is 0 Å². The Labute approximate surface area is 121 Å². The van der Waals surface area contributed by atoms with Crippen LogP contribution in [0.15, 0.2) is 42.7 Å². The van der Waals surface area contributed by atoms with Gasteiger partial charge in [-0.1, -0.05) is 18.2 Å². The van der Waals surface area contributed by atoms with Crippen molar-refractivity contribution < 1.29 is 5.11 Å². The number of aliphatic hydroxyl groups excluding tert-OH is 1. The average molecular weight is 282 g/mol. The lowest BCUT2D eigenvalue weighted by atomic mass is 10.3. The predicted molar refractivity (Wildman–Crippen MR) is 80.4 cm³/mol. The molecule has 21 heavy (non-hydrogen) atoms. The van der Waals surface area contributed by atoms with Gasteiger partial charge in [-0.15, -0.1) is 0 Å². The number of hydrogen-bond acceptors (Lipinski definition) is 7. The van der Waals surface area contributed by atoms with Gasteiger partial charge in [-0.05, 0) is 12.1 Å². The first-order valence-corrected chi connectivity index (χ1v) is 6.52. The van der Waals surface area contributed by atoms with Crippen LogP contribution >= 0.6 is 0 Å². The molecule has 0 saturated heterocycles. The molecule has 0 fully saturated rings. The van der Waals surface area contributed by atoms with Crippen molar-refractivity contribution in [3.05, 3.63) is 42.7 Å². The molecule has 2 heterocycles. The van der Waals surface area contributed by atoms with Gasteiger partial charge in [0.25, 0.3) is 0 Å². The second-order valence-corrected chi connectivity index (χ2v) is 4.27. The fourth-order valence-electron chi connectivity index (χ4n) is 1.87. The molecule has 0 aliphatic rings. The highest BCUT2D eigenvalue weighted by atomic mass is 16.3. The number of nitrogens with zero attached hydrogens (tertiary/aromatic N) is 4. The molecular weight excluding hydrogens is 268 g/mol. The van der Waals surface area contributed by atoms with Crippen molar-refractivity contribution in [2.45, 2.75) is 0 Å². The van der Waals surface area contributed by atoms with Gasteiger partial charge in [0.05, 0.1) is 6.61 Å². The van der Waals surface area contributed by atoms with E-state index in [0.717, 1.165) is 5.69 Å². The quantitative estimate of drug-likeness (QED) is 0.653. The molecule has 0 spiro atoms. The summed E-state index contributed by atoms with van der Waals surface area (Å²) in [6.07, 6.45) is 3.16. The van der Waals surface area contributed by atoms with E-state index in [4.69, 9.17) is 5.11 Å². The highest BCUT2D eigenvalue weighted by Crippen LogP contribution is 2.20. The van der Waals surface area contributed by atoms with E-state index >= 15 is 0 Å². The summed E-state index contributed by atoms with van der Waals surface area (Å²) in [6, 6.07) is 9.63. The van der Waals surface area contributed by atoms with Crippen molar-refractivity contribution in [2.75, 3.05) is 23.8 Å². The Hall–Kier alpha value is -2.80. The highest BCUT2D eigenvalue weighted by molar-refractivity contribution is 5.83. The van der Waals surface area contributed by atoms with Crippen LogP contribution in [0.25, 0.3) is 11.2 Å². The smallest absolute Gasteiger partial charge is 0.231 e. The summed E-state index contributed by atoms with van der Waals surface area (Å²) in [5.41, 5.74) is 1.95. The third-order valence-electron chi connectivity index (χ3n) is 2.77. The molecule has 0 aliphatic carbocycles. The lowest BCUT2D eigenvalue weighted by molar-refractivity contribution is 0.311. The SMILES string of the molecule is OCCNc1nc(Nc2ccccc2)nc2nccnc12. The lowest BCUT2D eigenvalue weighted by Gasteiger charge is -2.09. The minimum absolute atomic E-state index is 0.00715. The maximum absolute atomic E-state index is 8.95. The molecule has 0 radical (unpaired) electrons. The van der Waals surface area contributed by atoms with E-state index in [2.05, 4.69) is 30.6 Å². The summed E-state index contributed by atoms with van der Waals surface area (Å²) in [4.78, 5) is 17.1. The second-order valence-electron chi connectivity index (χ2n) is 4.27. The number of aliphatic hydroxyl groups is 1. The summed E-state index contributed by atoms with van der Waals surface area (Å²) in [5.74, 6) is 0.968. The lowest BCUT2D eigenvalue weighted by Crippen LogP contribution is -2.10. The molecule has 106 valence electrons. The zero-order chi connectivity index (χ0) is 14.5. The van der Waals surface area contributed by atoms with E-state index in [0.29, 0.717) is 29.5 Å². The minimum Gasteiger partial charge on any atom is -0.395 e. The third kappa shape index (κ3) is 3.03. The van der Waals surface area contributed by atoms with Crippen LogP contribution in [-0.4, -0.2) is 38.2 Å². The van der Waals surface area contributed by atoms with Crippen molar-refractivity contribution in [1.82, 2.24) is 19.9 Å². The Bertz CT molecular complexity index is 734. The summed E-state index contributed by atoms with van der Waals surface area (Å²) >= 11 is 0. The Morgan fingerprint density at radius 3 is 2.62 bits per heavy atom. The van der Waals surface area contributed by atoms with Gasteiger partial charge in [0.15, 0.2) is 17.0 Å². The largest absolute Gasteiger partial charge is 0.395 e. The van der Waals surface area contributed by atoms with Gasteiger partial charge in [0.2, 0.25) is 5.95 Å². The predicted octanol–water partition coefficient (Wildman–Crippen LogP) is 1.57. The molecule has 0 saturated carbocycles. The van der Waals surface area contributed by atoms with Crippen LogP contribution in [0.2, 0.25) is 0 Å². The van der Waals surface area contributed by atoms with Crippen molar-refractivity contribution in [3.8, 4) is 0 Å². The molecule has 3 rings (SSSR count). The third-order valence-corrected chi connectivity index (χ3v) is 2.77. The molecule has 0 amide bonds.